The summed E-state index contributed by atoms with van der Waals surface area (Å²) < 4.78 is 10.0. The van der Waals surface area contributed by atoms with Gasteiger partial charge in [0.15, 0.2) is 11.5 Å². The molecule has 0 aliphatic carbocycles. The first-order valence-electron chi connectivity index (χ1n) is 2.22. The van der Waals surface area contributed by atoms with E-state index in [0.29, 0.717) is 0 Å². The van der Waals surface area contributed by atoms with E-state index >= 15 is 0 Å². The smallest absolute Gasteiger partial charge is 0.275 e. The molecule has 4 heteroatoms. The van der Waals surface area contributed by atoms with Crippen molar-refractivity contribution in [2.45, 2.75) is 0 Å². The fourth-order valence-electron chi connectivity index (χ4n) is 0.605. The fraction of sp³-hybridized carbons (Fsp3) is 0. The largest absolute Gasteiger partial charge is 0.435 e. The van der Waals surface area contributed by atoms with Gasteiger partial charge in [0.05, 0.1) is 0 Å². The molecule has 0 unspecified atom stereocenters. The third-order valence-electron chi connectivity index (χ3n) is 0.975. The van der Waals surface area contributed by atoms with Crippen molar-refractivity contribution >= 4 is 9.03 Å². The lowest BCUT2D eigenvalue weighted by atomic mass is 10.6. The highest BCUT2D eigenvalue weighted by molar-refractivity contribution is 7.27. The summed E-state index contributed by atoms with van der Waals surface area (Å²) in [6, 6.07) is 0. The zero-order chi connectivity index (χ0) is 5.40. The molecule has 0 spiro atoms. The van der Waals surface area contributed by atoms with Crippen LogP contribution >= 0.6 is 9.03 Å². The monoisotopic (exact) mass is 129 g/mol. The first-order valence-corrected chi connectivity index (χ1v) is 3.04. The summed E-state index contributed by atoms with van der Waals surface area (Å²) in [5.74, 6) is 1.65. The molecule has 1 aromatic heterocycles. The van der Waals surface area contributed by atoms with Crippen molar-refractivity contribution in [1.29, 1.82) is 0 Å². The Morgan fingerprint density at radius 3 is 2.50 bits per heavy atom. The number of fused-ring (bicyclic) bond motifs is 1. The van der Waals surface area contributed by atoms with E-state index in [0.717, 1.165) is 11.5 Å². The summed E-state index contributed by atoms with van der Waals surface area (Å²) in [5.41, 5.74) is 0. The predicted octanol–water partition coefficient (Wildman–Crippen LogP) is 1.29. The van der Waals surface area contributed by atoms with E-state index in [9.17, 15) is 0 Å². The molecule has 0 amide bonds. The van der Waals surface area contributed by atoms with Gasteiger partial charge in [-0.05, 0) is 0 Å². The van der Waals surface area contributed by atoms with Gasteiger partial charge in [0.1, 0.15) is 0 Å². The van der Waals surface area contributed by atoms with Gasteiger partial charge in [-0.15, -0.1) is 0 Å². The molecular formula is C4H4NO2P. The van der Waals surface area contributed by atoms with Gasteiger partial charge < -0.3 is 14.0 Å². The van der Waals surface area contributed by atoms with Crippen LogP contribution in [0.2, 0.25) is 0 Å². The van der Waals surface area contributed by atoms with Gasteiger partial charge in [0, 0.05) is 12.4 Å². The van der Waals surface area contributed by atoms with Crippen LogP contribution in [0.4, 0.5) is 0 Å². The Hall–Kier alpha value is -0.690. The molecule has 2 rings (SSSR count). The topological polar surface area (TPSA) is 34.2 Å². The fourth-order valence-corrected chi connectivity index (χ4v) is 1.15. The van der Waals surface area contributed by atoms with Crippen LogP contribution in [0.5, 0.6) is 11.5 Å². The zero-order valence-corrected chi connectivity index (χ0v) is 4.97. The first-order chi connectivity index (χ1) is 3.97. The maximum absolute atomic E-state index is 5.01. The van der Waals surface area contributed by atoms with Crippen molar-refractivity contribution in [1.82, 2.24) is 4.98 Å². The average molecular weight is 129 g/mol. The second-order valence-electron chi connectivity index (χ2n) is 1.47. The molecule has 1 aliphatic heterocycles. The van der Waals surface area contributed by atoms with Gasteiger partial charge in [-0.2, -0.15) is 0 Å². The summed E-state index contributed by atoms with van der Waals surface area (Å²) in [5, 5.41) is 0. The lowest BCUT2D eigenvalue weighted by Crippen LogP contribution is -1.66. The molecule has 1 aromatic rings. The molecule has 3 nitrogen and oxygen atoms in total. The molecule has 42 valence electrons. The number of hydrogen-bond acceptors (Lipinski definition) is 2. The number of nitrogens with one attached hydrogen (secondary N) is 1. The minimum absolute atomic E-state index is 0.151. The molecule has 0 fully saturated rings. The van der Waals surface area contributed by atoms with Crippen molar-refractivity contribution in [2.75, 3.05) is 0 Å². The molecular weight excluding hydrogens is 125 g/mol. The van der Waals surface area contributed by atoms with Crippen LogP contribution in [-0.4, -0.2) is 4.98 Å². The minimum Gasteiger partial charge on any atom is -0.435 e. The van der Waals surface area contributed by atoms with Crippen LogP contribution in [0.3, 0.4) is 0 Å². The molecule has 0 saturated carbocycles. The molecule has 0 bridgehead atoms. The van der Waals surface area contributed by atoms with Gasteiger partial charge in [0.2, 0.25) is 0 Å². The van der Waals surface area contributed by atoms with E-state index in [-0.39, 0.29) is 9.03 Å². The summed E-state index contributed by atoms with van der Waals surface area (Å²) in [7, 11) is 0.151. The van der Waals surface area contributed by atoms with E-state index in [1.165, 1.54) is 0 Å². The van der Waals surface area contributed by atoms with E-state index in [4.69, 9.17) is 9.05 Å². The summed E-state index contributed by atoms with van der Waals surface area (Å²) >= 11 is 0. The Balaban J connectivity index is 2.54. The molecule has 0 aromatic carbocycles. The lowest BCUT2D eigenvalue weighted by Gasteiger charge is -1.84. The molecule has 0 atom stereocenters. The highest BCUT2D eigenvalue weighted by Crippen LogP contribution is 2.40. The van der Waals surface area contributed by atoms with Crippen molar-refractivity contribution in [2.24, 2.45) is 0 Å². The number of hydrogen-bond donors (Lipinski definition) is 1. The first kappa shape index (κ1) is 4.21. The minimum atomic E-state index is 0.151. The number of rotatable bonds is 0. The van der Waals surface area contributed by atoms with Gasteiger partial charge >= 0.3 is 0 Å². The molecule has 1 N–H and O–H groups in total. The van der Waals surface area contributed by atoms with Crippen LogP contribution in [0.1, 0.15) is 0 Å². The Bertz CT molecular complexity index is 179. The highest BCUT2D eigenvalue weighted by Gasteiger charge is 2.12. The third-order valence-corrected chi connectivity index (χ3v) is 1.58. The normalized spacial score (nSPS) is 14.5. The standard InChI is InChI=1S/C4H4NO2P/c1-3-4(2-5-1)7-8-6-3/h1-2,5,8H. The Kier molecular flexibility index (Phi) is 0.733. The maximum atomic E-state index is 5.01. The number of aromatic amines is 1. The maximum Gasteiger partial charge on any atom is 0.275 e. The molecule has 0 radical (unpaired) electrons. The number of aromatic nitrogens is 1. The quantitative estimate of drug-likeness (QED) is 0.535. The van der Waals surface area contributed by atoms with Crippen molar-refractivity contribution < 1.29 is 9.05 Å². The molecule has 0 saturated heterocycles. The second-order valence-corrected chi connectivity index (χ2v) is 2.05. The van der Waals surface area contributed by atoms with Crippen LogP contribution in [0.15, 0.2) is 12.4 Å². The zero-order valence-electron chi connectivity index (χ0n) is 3.97. The van der Waals surface area contributed by atoms with Crippen molar-refractivity contribution in [3.63, 3.8) is 0 Å². The van der Waals surface area contributed by atoms with Crippen molar-refractivity contribution in [3.8, 4) is 11.5 Å². The van der Waals surface area contributed by atoms with Crippen molar-refractivity contribution in [3.05, 3.63) is 12.4 Å². The summed E-state index contributed by atoms with van der Waals surface area (Å²) in [4.78, 5) is 2.85. The van der Waals surface area contributed by atoms with Gasteiger partial charge in [0.25, 0.3) is 9.03 Å². The van der Waals surface area contributed by atoms with Crippen LogP contribution in [0, 0.1) is 0 Å². The van der Waals surface area contributed by atoms with E-state index < -0.39 is 0 Å². The van der Waals surface area contributed by atoms with Crippen LogP contribution in [-0.2, 0) is 0 Å². The molecule has 1 aliphatic rings. The predicted molar refractivity (Wildman–Crippen MR) is 30.4 cm³/mol. The summed E-state index contributed by atoms with van der Waals surface area (Å²) in [6.07, 6.45) is 3.55. The Morgan fingerprint density at radius 1 is 1.25 bits per heavy atom. The third kappa shape index (κ3) is 0.421. The van der Waals surface area contributed by atoms with Crippen LogP contribution < -0.4 is 9.05 Å². The lowest BCUT2D eigenvalue weighted by molar-refractivity contribution is 0.598. The number of H-pyrrole nitrogens is 1. The van der Waals surface area contributed by atoms with E-state index in [1.54, 1.807) is 12.4 Å². The Morgan fingerprint density at radius 2 is 1.88 bits per heavy atom. The molecule has 2 heterocycles. The SMILES string of the molecule is c1[nH]cc2c1OPO2. The highest BCUT2D eigenvalue weighted by atomic mass is 31.1. The van der Waals surface area contributed by atoms with Gasteiger partial charge in [-0.25, -0.2) is 0 Å². The second kappa shape index (κ2) is 1.39. The van der Waals surface area contributed by atoms with Gasteiger partial charge in [-0.3, -0.25) is 0 Å². The summed E-state index contributed by atoms with van der Waals surface area (Å²) in [6.45, 7) is 0. The molecule has 8 heavy (non-hydrogen) atoms. The van der Waals surface area contributed by atoms with E-state index in [2.05, 4.69) is 4.98 Å². The van der Waals surface area contributed by atoms with Gasteiger partial charge in [-0.1, -0.05) is 0 Å². The van der Waals surface area contributed by atoms with E-state index in [1.807, 2.05) is 0 Å². The van der Waals surface area contributed by atoms with Crippen LogP contribution in [0.25, 0.3) is 0 Å². The average Bonchev–Trinajstić information content (AvgIpc) is 2.15. The Labute approximate surface area is 47.9 Å².